The van der Waals surface area contributed by atoms with Crippen LogP contribution in [0.4, 0.5) is 0 Å². The number of hydrogen-bond donors (Lipinski definition) is 1. The molecular weight excluding hydrogens is 202 g/mol. The number of hydrogen-bond acceptors (Lipinski definition) is 3. The van der Waals surface area contributed by atoms with Crippen molar-refractivity contribution in [2.45, 2.75) is 45.6 Å². The van der Waals surface area contributed by atoms with Crippen LogP contribution in [0.5, 0.6) is 0 Å². The molecule has 0 aromatic heterocycles. The Balaban J connectivity index is 2.02. The zero-order chi connectivity index (χ0) is 11.8. The van der Waals surface area contributed by atoms with Crippen molar-refractivity contribution in [3.8, 4) is 0 Å². The molecule has 0 aliphatic carbocycles. The van der Waals surface area contributed by atoms with Crippen LogP contribution in [0, 0.1) is 5.92 Å². The zero-order valence-corrected chi connectivity index (χ0v) is 10.8. The molecule has 0 spiro atoms. The minimum atomic E-state index is -0.315. The van der Waals surface area contributed by atoms with Crippen LogP contribution >= 0.6 is 0 Å². The average molecular weight is 229 g/mol. The molecule has 1 unspecified atom stereocenters. The number of unbranched alkanes of at least 4 members (excludes halogenated alkanes) is 1. The van der Waals surface area contributed by atoms with Gasteiger partial charge in [-0.15, -0.1) is 0 Å². The number of nitrogens with zero attached hydrogens (tertiary/aromatic N) is 1. The SMILES string of the molecule is CCCCOCC(O)CN1CCC(C)CC1. The van der Waals surface area contributed by atoms with E-state index in [4.69, 9.17) is 4.74 Å². The summed E-state index contributed by atoms with van der Waals surface area (Å²) in [6.45, 7) is 8.77. The Bertz CT molecular complexity index is 167. The van der Waals surface area contributed by atoms with E-state index in [2.05, 4.69) is 18.7 Å². The largest absolute Gasteiger partial charge is 0.389 e. The van der Waals surface area contributed by atoms with Crippen molar-refractivity contribution in [3.05, 3.63) is 0 Å². The van der Waals surface area contributed by atoms with Gasteiger partial charge in [-0.05, 0) is 38.3 Å². The maximum atomic E-state index is 9.80. The third-order valence-corrected chi connectivity index (χ3v) is 3.30. The summed E-state index contributed by atoms with van der Waals surface area (Å²) in [4.78, 5) is 2.36. The van der Waals surface area contributed by atoms with E-state index >= 15 is 0 Å². The first kappa shape index (κ1) is 13.9. The van der Waals surface area contributed by atoms with Gasteiger partial charge in [-0.1, -0.05) is 20.3 Å². The fourth-order valence-electron chi connectivity index (χ4n) is 2.06. The van der Waals surface area contributed by atoms with Crippen LogP contribution in [-0.4, -0.2) is 49.0 Å². The molecule has 3 heteroatoms. The predicted octanol–water partition coefficient (Wildman–Crippen LogP) is 1.90. The van der Waals surface area contributed by atoms with E-state index in [-0.39, 0.29) is 6.10 Å². The second-order valence-electron chi connectivity index (χ2n) is 5.07. The van der Waals surface area contributed by atoms with Gasteiger partial charge in [-0.3, -0.25) is 0 Å². The Morgan fingerprint density at radius 3 is 2.69 bits per heavy atom. The lowest BCUT2D eigenvalue weighted by atomic mass is 9.99. The molecule has 0 aromatic carbocycles. The Labute approximate surface area is 99.8 Å². The van der Waals surface area contributed by atoms with E-state index in [1.807, 2.05) is 0 Å². The van der Waals surface area contributed by atoms with Gasteiger partial charge in [0.05, 0.1) is 12.7 Å². The molecule has 96 valence electrons. The molecule has 16 heavy (non-hydrogen) atoms. The number of likely N-dealkylation sites (tertiary alicyclic amines) is 1. The quantitative estimate of drug-likeness (QED) is 0.677. The van der Waals surface area contributed by atoms with Crippen LogP contribution in [0.15, 0.2) is 0 Å². The maximum Gasteiger partial charge on any atom is 0.0900 e. The van der Waals surface area contributed by atoms with Crippen molar-refractivity contribution < 1.29 is 9.84 Å². The molecular formula is C13H27NO2. The van der Waals surface area contributed by atoms with Gasteiger partial charge >= 0.3 is 0 Å². The molecule has 0 saturated carbocycles. The highest BCUT2D eigenvalue weighted by atomic mass is 16.5. The molecule has 0 aromatic rings. The number of piperidine rings is 1. The molecule has 1 aliphatic rings. The van der Waals surface area contributed by atoms with E-state index in [1.165, 1.54) is 12.8 Å². The lowest BCUT2D eigenvalue weighted by molar-refractivity contribution is 0.0104. The number of ether oxygens (including phenoxy) is 1. The molecule has 1 aliphatic heterocycles. The summed E-state index contributed by atoms with van der Waals surface area (Å²) in [7, 11) is 0. The van der Waals surface area contributed by atoms with E-state index in [9.17, 15) is 5.11 Å². The van der Waals surface area contributed by atoms with Crippen molar-refractivity contribution in [2.24, 2.45) is 5.92 Å². The van der Waals surface area contributed by atoms with Gasteiger partial charge in [0.15, 0.2) is 0 Å². The molecule has 1 saturated heterocycles. The summed E-state index contributed by atoms with van der Waals surface area (Å²) in [5.41, 5.74) is 0. The van der Waals surface area contributed by atoms with E-state index in [0.29, 0.717) is 6.61 Å². The van der Waals surface area contributed by atoms with Gasteiger partial charge in [0.25, 0.3) is 0 Å². The van der Waals surface area contributed by atoms with Crippen LogP contribution in [0.3, 0.4) is 0 Å². The molecule has 1 N–H and O–H groups in total. The van der Waals surface area contributed by atoms with Crippen molar-refractivity contribution in [1.29, 1.82) is 0 Å². The van der Waals surface area contributed by atoms with Crippen LogP contribution in [0.2, 0.25) is 0 Å². The second-order valence-corrected chi connectivity index (χ2v) is 5.07. The molecule has 0 amide bonds. The van der Waals surface area contributed by atoms with E-state index in [0.717, 1.165) is 45.0 Å². The van der Waals surface area contributed by atoms with Gasteiger partial charge in [0.2, 0.25) is 0 Å². The molecule has 1 fully saturated rings. The Morgan fingerprint density at radius 2 is 2.06 bits per heavy atom. The summed E-state index contributed by atoms with van der Waals surface area (Å²) in [5, 5.41) is 9.80. The van der Waals surface area contributed by atoms with Crippen molar-refractivity contribution in [2.75, 3.05) is 32.8 Å². The predicted molar refractivity (Wildman–Crippen MR) is 66.6 cm³/mol. The normalized spacial score (nSPS) is 21.2. The first-order valence-electron chi connectivity index (χ1n) is 6.70. The smallest absolute Gasteiger partial charge is 0.0900 e. The van der Waals surface area contributed by atoms with Crippen molar-refractivity contribution in [1.82, 2.24) is 4.90 Å². The van der Waals surface area contributed by atoms with E-state index < -0.39 is 0 Å². The molecule has 1 atom stereocenters. The van der Waals surface area contributed by atoms with Gasteiger partial charge in [0.1, 0.15) is 0 Å². The standard InChI is InChI=1S/C13H27NO2/c1-3-4-9-16-11-13(15)10-14-7-5-12(2)6-8-14/h12-13,15H,3-11H2,1-2H3. The summed E-state index contributed by atoms with van der Waals surface area (Å²) >= 11 is 0. The number of rotatable bonds is 7. The van der Waals surface area contributed by atoms with Gasteiger partial charge < -0.3 is 14.7 Å². The number of aliphatic hydroxyl groups excluding tert-OH is 1. The lowest BCUT2D eigenvalue weighted by Crippen LogP contribution is -2.39. The fraction of sp³-hybridized carbons (Fsp3) is 1.00. The topological polar surface area (TPSA) is 32.7 Å². The first-order chi connectivity index (χ1) is 7.72. The first-order valence-corrected chi connectivity index (χ1v) is 6.70. The van der Waals surface area contributed by atoms with E-state index in [1.54, 1.807) is 0 Å². The van der Waals surface area contributed by atoms with Gasteiger partial charge in [-0.25, -0.2) is 0 Å². The third kappa shape index (κ3) is 5.83. The zero-order valence-electron chi connectivity index (χ0n) is 10.8. The van der Waals surface area contributed by atoms with Gasteiger partial charge in [-0.2, -0.15) is 0 Å². The van der Waals surface area contributed by atoms with Gasteiger partial charge in [0, 0.05) is 13.2 Å². The number of β-amino-alcohol motifs (C(OH)–C–C–N with tert-alkyl or cyclic N) is 1. The Hall–Kier alpha value is -0.120. The lowest BCUT2D eigenvalue weighted by Gasteiger charge is -2.31. The number of aliphatic hydroxyl groups is 1. The van der Waals surface area contributed by atoms with Crippen LogP contribution in [0.1, 0.15) is 39.5 Å². The molecule has 3 nitrogen and oxygen atoms in total. The summed E-state index contributed by atoms with van der Waals surface area (Å²) < 4.78 is 5.42. The average Bonchev–Trinajstić information content (AvgIpc) is 2.28. The van der Waals surface area contributed by atoms with Crippen LogP contribution < -0.4 is 0 Å². The highest BCUT2D eigenvalue weighted by molar-refractivity contribution is 4.71. The molecule has 1 heterocycles. The summed E-state index contributed by atoms with van der Waals surface area (Å²) in [6.07, 6.45) is 4.46. The fourth-order valence-corrected chi connectivity index (χ4v) is 2.06. The summed E-state index contributed by atoms with van der Waals surface area (Å²) in [6, 6.07) is 0. The Kier molecular flexibility index (Phi) is 7.01. The molecule has 0 radical (unpaired) electrons. The minimum absolute atomic E-state index is 0.315. The minimum Gasteiger partial charge on any atom is -0.389 e. The van der Waals surface area contributed by atoms with Crippen LogP contribution in [-0.2, 0) is 4.74 Å². The maximum absolute atomic E-state index is 9.80. The van der Waals surface area contributed by atoms with Crippen LogP contribution in [0.25, 0.3) is 0 Å². The van der Waals surface area contributed by atoms with Crippen molar-refractivity contribution >= 4 is 0 Å². The van der Waals surface area contributed by atoms with Crippen molar-refractivity contribution in [3.63, 3.8) is 0 Å². The Morgan fingerprint density at radius 1 is 1.38 bits per heavy atom. The monoisotopic (exact) mass is 229 g/mol. The highest BCUT2D eigenvalue weighted by Crippen LogP contribution is 2.15. The molecule has 0 bridgehead atoms. The second kappa shape index (κ2) is 8.04. The molecule has 1 rings (SSSR count). The third-order valence-electron chi connectivity index (χ3n) is 3.30. The highest BCUT2D eigenvalue weighted by Gasteiger charge is 2.18. The summed E-state index contributed by atoms with van der Waals surface area (Å²) in [5.74, 6) is 0.856.